The third-order valence-corrected chi connectivity index (χ3v) is 3.61. The summed E-state index contributed by atoms with van der Waals surface area (Å²) in [6, 6.07) is 9.01. The van der Waals surface area contributed by atoms with Gasteiger partial charge in [0.05, 0.1) is 11.1 Å². The van der Waals surface area contributed by atoms with Gasteiger partial charge in [-0.25, -0.2) is 9.78 Å². The third kappa shape index (κ3) is 2.90. The Hall–Kier alpha value is -2.10. The van der Waals surface area contributed by atoms with Crippen LogP contribution in [0.3, 0.4) is 0 Å². The van der Waals surface area contributed by atoms with E-state index in [0.717, 1.165) is 18.5 Å². The van der Waals surface area contributed by atoms with Crippen molar-refractivity contribution >= 4 is 22.7 Å². The molecule has 4 nitrogen and oxygen atoms in total. The molecule has 0 spiro atoms. The van der Waals surface area contributed by atoms with Gasteiger partial charge in [0.25, 0.3) is 0 Å². The first-order chi connectivity index (χ1) is 9.52. The van der Waals surface area contributed by atoms with Crippen molar-refractivity contribution in [2.75, 3.05) is 18.5 Å². The summed E-state index contributed by atoms with van der Waals surface area (Å²) in [5, 5.41) is 10.1. The maximum absolute atomic E-state index is 11.4. The van der Waals surface area contributed by atoms with Crippen LogP contribution in [0.1, 0.15) is 30.6 Å². The summed E-state index contributed by atoms with van der Waals surface area (Å²) in [7, 11) is 1.95. The lowest BCUT2D eigenvalue weighted by Gasteiger charge is -2.22. The first-order valence-electron chi connectivity index (χ1n) is 6.87. The number of pyridine rings is 1. The first-order valence-corrected chi connectivity index (χ1v) is 6.87. The molecule has 1 N–H and O–H groups in total. The molecule has 0 aliphatic rings. The molecule has 0 bridgehead atoms. The van der Waals surface area contributed by atoms with Crippen LogP contribution in [0.2, 0.25) is 0 Å². The Morgan fingerprint density at radius 3 is 2.75 bits per heavy atom. The van der Waals surface area contributed by atoms with Crippen LogP contribution >= 0.6 is 0 Å². The van der Waals surface area contributed by atoms with Crippen LogP contribution in [0.15, 0.2) is 30.3 Å². The van der Waals surface area contributed by atoms with Crippen LogP contribution in [0.4, 0.5) is 5.82 Å². The summed E-state index contributed by atoms with van der Waals surface area (Å²) in [5.74, 6) is 0.338. The van der Waals surface area contributed by atoms with Gasteiger partial charge in [-0.05, 0) is 18.1 Å². The monoisotopic (exact) mass is 272 g/mol. The van der Waals surface area contributed by atoms with Crippen molar-refractivity contribution < 1.29 is 9.90 Å². The minimum atomic E-state index is -0.915. The van der Waals surface area contributed by atoms with Crippen molar-refractivity contribution in [2.45, 2.75) is 20.3 Å². The fraction of sp³-hybridized carbons (Fsp3) is 0.375. The summed E-state index contributed by atoms with van der Waals surface area (Å²) >= 11 is 0. The van der Waals surface area contributed by atoms with Gasteiger partial charge < -0.3 is 10.0 Å². The largest absolute Gasteiger partial charge is 0.478 e. The number of hydrogen-bond acceptors (Lipinski definition) is 3. The molecule has 0 aliphatic heterocycles. The van der Waals surface area contributed by atoms with E-state index in [0.29, 0.717) is 22.7 Å². The van der Waals surface area contributed by atoms with Crippen LogP contribution < -0.4 is 4.90 Å². The van der Waals surface area contributed by atoms with Crippen LogP contribution in [0.25, 0.3) is 10.9 Å². The second kappa shape index (κ2) is 5.90. The van der Waals surface area contributed by atoms with Gasteiger partial charge in [-0.1, -0.05) is 38.5 Å². The topological polar surface area (TPSA) is 53.4 Å². The highest BCUT2D eigenvalue weighted by molar-refractivity contribution is 6.03. The van der Waals surface area contributed by atoms with Gasteiger partial charge in [-0.2, -0.15) is 0 Å². The van der Waals surface area contributed by atoms with Gasteiger partial charge in [-0.3, -0.25) is 0 Å². The number of carboxylic acids is 1. The van der Waals surface area contributed by atoms with Gasteiger partial charge in [0, 0.05) is 19.0 Å². The highest BCUT2D eigenvalue weighted by atomic mass is 16.4. The maximum Gasteiger partial charge on any atom is 0.336 e. The molecule has 1 unspecified atom stereocenters. The van der Waals surface area contributed by atoms with E-state index in [1.165, 1.54) is 0 Å². The molecule has 1 heterocycles. The average molecular weight is 272 g/mol. The Morgan fingerprint density at radius 1 is 1.40 bits per heavy atom. The lowest BCUT2D eigenvalue weighted by Crippen LogP contribution is -2.24. The van der Waals surface area contributed by atoms with Gasteiger partial charge in [0.15, 0.2) is 0 Å². The lowest BCUT2D eigenvalue weighted by atomic mass is 10.1. The second-order valence-corrected chi connectivity index (χ2v) is 5.24. The van der Waals surface area contributed by atoms with E-state index in [-0.39, 0.29) is 0 Å². The van der Waals surface area contributed by atoms with E-state index in [4.69, 9.17) is 0 Å². The van der Waals surface area contributed by atoms with Crippen molar-refractivity contribution in [3.8, 4) is 0 Å². The summed E-state index contributed by atoms with van der Waals surface area (Å²) in [5.41, 5.74) is 1.03. The summed E-state index contributed by atoms with van der Waals surface area (Å²) in [4.78, 5) is 18.0. The van der Waals surface area contributed by atoms with E-state index in [1.807, 2.05) is 30.1 Å². The molecule has 0 aliphatic carbocycles. The Kier molecular flexibility index (Phi) is 4.23. The number of benzene rings is 1. The van der Waals surface area contributed by atoms with Crippen LogP contribution in [0.5, 0.6) is 0 Å². The standard InChI is InChI=1S/C16H20N2O2/c1-4-11(2)10-18(3)15-9-13(16(19)20)12-7-5-6-8-14(12)17-15/h5-9,11H,4,10H2,1-3H3,(H,19,20). The van der Waals surface area contributed by atoms with Gasteiger partial charge in [0.1, 0.15) is 5.82 Å². The number of hydrogen-bond donors (Lipinski definition) is 1. The minimum absolute atomic E-state index is 0.307. The summed E-state index contributed by atoms with van der Waals surface area (Å²) < 4.78 is 0. The highest BCUT2D eigenvalue weighted by Gasteiger charge is 2.14. The predicted octanol–water partition coefficient (Wildman–Crippen LogP) is 3.42. The Bertz CT molecular complexity index is 625. The smallest absolute Gasteiger partial charge is 0.336 e. The molecule has 0 saturated heterocycles. The van der Waals surface area contributed by atoms with Crippen molar-refractivity contribution in [3.05, 3.63) is 35.9 Å². The normalized spacial score (nSPS) is 12.3. The zero-order valence-electron chi connectivity index (χ0n) is 12.1. The molecule has 1 aromatic heterocycles. The van der Waals surface area contributed by atoms with Crippen LogP contribution in [-0.4, -0.2) is 29.7 Å². The van der Waals surface area contributed by atoms with Crippen LogP contribution in [0, 0.1) is 5.92 Å². The van der Waals surface area contributed by atoms with Crippen molar-refractivity contribution in [2.24, 2.45) is 5.92 Å². The molecule has 0 saturated carbocycles. The molecule has 20 heavy (non-hydrogen) atoms. The first kappa shape index (κ1) is 14.3. The molecular weight excluding hydrogens is 252 g/mol. The number of rotatable bonds is 5. The van der Waals surface area contributed by atoms with E-state index >= 15 is 0 Å². The number of nitrogens with zero attached hydrogens (tertiary/aromatic N) is 2. The number of para-hydroxylation sites is 1. The third-order valence-electron chi connectivity index (χ3n) is 3.61. The lowest BCUT2D eigenvalue weighted by molar-refractivity contribution is 0.0699. The molecule has 106 valence electrons. The number of aromatic carboxylic acids is 1. The highest BCUT2D eigenvalue weighted by Crippen LogP contribution is 2.23. The Morgan fingerprint density at radius 2 is 2.10 bits per heavy atom. The van der Waals surface area contributed by atoms with Gasteiger partial charge >= 0.3 is 5.97 Å². The second-order valence-electron chi connectivity index (χ2n) is 5.24. The van der Waals surface area contributed by atoms with Crippen molar-refractivity contribution in [1.29, 1.82) is 0 Å². The van der Waals surface area contributed by atoms with Gasteiger partial charge in [0.2, 0.25) is 0 Å². The predicted molar refractivity (Wildman–Crippen MR) is 81.4 cm³/mol. The molecule has 2 aromatic rings. The molecule has 1 aromatic carbocycles. The quantitative estimate of drug-likeness (QED) is 0.906. The zero-order chi connectivity index (χ0) is 14.7. The average Bonchev–Trinajstić information content (AvgIpc) is 2.45. The number of aromatic nitrogens is 1. The Labute approximate surface area is 119 Å². The molecule has 0 amide bonds. The fourth-order valence-corrected chi connectivity index (χ4v) is 2.22. The Balaban J connectivity index is 2.47. The van der Waals surface area contributed by atoms with E-state index in [1.54, 1.807) is 12.1 Å². The molecule has 0 fully saturated rings. The number of anilines is 1. The fourth-order valence-electron chi connectivity index (χ4n) is 2.22. The molecule has 0 radical (unpaired) electrons. The van der Waals surface area contributed by atoms with E-state index in [2.05, 4.69) is 18.8 Å². The molecular formula is C16H20N2O2. The van der Waals surface area contributed by atoms with E-state index in [9.17, 15) is 9.90 Å². The summed E-state index contributed by atoms with van der Waals surface area (Å²) in [6.07, 6.45) is 1.09. The maximum atomic E-state index is 11.4. The molecule has 2 rings (SSSR count). The minimum Gasteiger partial charge on any atom is -0.478 e. The SMILES string of the molecule is CCC(C)CN(C)c1cc(C(=O)O)c2ccccc2n1. The number of carbonyl (C=O) groups is 1. The van der Waals surface area contributed by atoms with Crippen molar-refractivity contribution in [3.63, 3.8) is 0 Å². The zero-order valence-corrected chi connectivity index (χ0v) is 12.1. The summed E-state index contributed by atoms with van der Waals surface area (Å²) in [6.45, 7) is 5.19. The van der Waals surface area contributed by atoms with Crippen LogP contribution in [-0.2, 0) is 0 Å². The van der Waals surface area contributed by atoms with E-state index < -0.39 is 5.97 Å². The van der Waals surface area contributed by atoms with Gasteiger partial charge in [-0.15, -0.1) is 0 Å². The molecule has 1 atom stereocenters. The number of fused-ring (bicyclic) bond motifs is 1. The molecule has 4 heteroatoms. The number of carboxylic acid groups (broad SMARTS) is 1. The van der Waals surface area contributed by atoms with Crippen molar-refractivity contribution in [1.82, 2.24) is 4.98 Å².